The van der Waals surface area contributed by atoms with Gasteiger partial charge >= 0.3 is 5.97 Å². The van der Waals surface area contributed by atoms with Crippen LogP contribution in [0.1, 0.15) is 32.8 Å². The molecule has 0 aliphatic carbocycles. The van der Waals surface area contributed by atoms with Gasteiger partial charge in [0.25, 0.3) is 0 Å². The third-order valence-electron chi connectivity index (χ3n) is 3.22. The average Bonchev–Trinajstić information content (AvgIpc) is 2.40. The van der Waals surface area contributed by atoms with Gasteiger partial charge in [-0.05, 0) is 51.4 Å². The highest BCUT2D eigenvalue weighted by Crippen LogP contribution is 2.35. The molecule has 0 saturated carbocycles. The number of rotatable bonds is 8. The van der Waals surface area contributed by atoms with Crippen LogP contribution in [-0.2, 0) is 11.3 Å². The highest BCUT2D eigenvalue weighted by atomic mass is 35.5. The Morgan fingerprint density at radius 3 is 2.67 bits per heavy atom. The summed E-state index contributed by atoms with van der Waals surface area (Å²) in [6.45, 7) is 6.75. The maximum Gasteiger partial charge on any atom is 0.309 e. The summed E-state index contributed by atoms with van der Waals surface area (Å²) >= 11 is 5.95. The molecule has 0 spiro atoms. The first kappa shape index (κ1) is 17.6. The van der Waals surface area contributed by atoms with Crippen molar-refractivity contribution in [3.63, 3.8) is 0 Å². The van der Waals surface area contributed by atoms with Crippen LogP contribution in [0.15, 0.2) is 12.1 Å². The van der Waals surface area contributed by atoms with Gasteiger partial charge in [-0.15, -0.1) is 0 Å². The summed E-state index contributed by atoms with van der Waals surface area (Å²) in [4.78, 5) is 11.0. The molecule has 0 atom stereocenters. The summed E-state index contributed by atoms with van der Waals surface area (Å²) in [6, 6.07) is 3.38. The van der Waals surface area contributed by atoms with E-state index in [-0.39, 0.29) is 10.8 Å². The number of phenols is 1. The normalized spacial score (nSPS) is 11.4. The molecule has 5 nitrogen and oxygen atoms in total. The molecule has 1 rings (SSSR count). The average molecular weight is 316 g/mol. The van der Waals surface area contributed by atoms with Crippen LogP contribution in [-0.4, -0.2) is 29.3 Å². The number of nitrogens with one attached hydrogen (secondary N) is 1. The van der Waals surface area contributed by atoms with Crippen molar-refractivity contribution in [3.8, 4) is 11.5 Å². The predicted molar refractivity (Wildman–Crippen MR) is 82.0 cm³/mol. The van der Waals surface area contributed by atoms with E-state index >= 15 is 0 Å². The van der Waals surface area contributed by atoms with Gasteiger partial charge in [0, 0.05) is 6.54 Å². The molecule has 0 aromatic heterocycles. The first-order chi connectivity index (χ1) is 9.77. The molecule has 0 aliphatic heterocycles. The maximum atomic E-state index is 11.0. The molecule has 0 aliphatic rings. The molecule has 118 valence electrons. The van der Waals surface area contributed by atoms with E-state index < -0.39 is 11.4 Å². The summed E-state index contributed by atoms with van der Waals surface area (Å²) in [5.74, 6) is -0.516. The van der Waals surface area contributed by atoms with Gasteiger partial charge in [0.1, 0.15) is 0 Å². The second kappa shape index (κ2) is 7.52. The Labute approximate surface area is 129 Å². The topological polar surface area (TPSA) is 78.8 Å². The van der Waals surface area contributed by atoms with Gasteiger partial charge in [0.15, 0.2) is 11.5 Å². The predicted octanol–water partition coefficient (Wildman–Crippen LogP) is 3.03. The molecule has 21 heavy (non-hydrogen) atoms. The Morgan fingerprint density at radius 1 is 1.43 bits per heavy atom. The van der Waals surface area contributed by atoms with E-state index in [0.717, 1.165) is 5.56 Å². The molecule has 1 aromatic rings. The minimum absolute atomic E-state index is 0.0609. The number of aliphatic carboxylic acids is 1. The first-order valence-corrected chi connectivity index (χ1v) is 7.24. The Morgan fingerprint density at radius 2 is 2.10 bits per heavy atom. The van der Waals surface area contributed by atoms with E-state index in [0.29, 0.717) is 31.9 Å². The molecule has 6 heteroatoms. The van der Waals surface area contributed by atoms with Gasteiger partial charge < -0.3 is 20.3 Å². The largest absolute Gasteiger partial charge is 0.503 e. The molecule has 0 amide bonds. The zero-order valence-electron chi connectivity index (χ0n) is 12.6. The fourth-order valence-electron chi connectivity index (χ4n) is 1.74. The fourth-order valence-corrected chi connectivity index (χ4v) is 1.97. The third-order valence-corrected chi connectivity index (χ3v) is 3.51. The quantitative estimate of drug-likeness (QED) is 0.643. The van der Waals surface area contributed by atoms with Crippen molar-refractivity contribution >= 4 is 17.6 Å². The standard InChI is InChI=1S/C15H22ClNO4/c1-4-21-12-8-10(7-11(16)13(12)18)9-17-6-5-15(2,3)14(19)20/h7-8,17-18H,4-6,9H2,1-3H3,(H,19,20). The molecule has 3 N–H and O–H groups in total. The second-order valence-corrected chi connectivity index (χ2v) is 5.88. The van der Waals surface area contributed by atoms with Gasteiger partial charge in [-0.25, -0.2) is 0 Å². The smallest absolute Gasteiger partial charge is 0.309 e. The fraction of sp³-hybridized carbons (Fsp3) is 0.533. The third kappa shape index (κ3) is 5.10. The summed E-state index contributed by atoms with van der Waals surface area (Å²) in [5, 5.41) is 22.2. The van der Waals surface area contributed by atoms with Crippen molar-refractivity contribution < 1.29 is 19.7 Å². The summed E-state index contributed by atoms with van der Waals surface area (Å²) in [7, 11) is 0. The van der Waals surface area contributed by atoms with Crippen LogP contribution in [0.2, 0.25) is 5.02 Å². The van der Waals surface area contributed by atoms with E-state index in [1.807, 2.05) is 6.92 Å². The molecule has 0 bridgehead atoms. The Bertz CT molecular complexity index is 503. The first-order valence-electron chi connectivity index (χ1n) is 6.86. The van der Waals surface area contributed by atoms with E-state index in [9.17, 15) is 9.90 Å². The van der Waals surface area contributed by atoms with Crippen molar-refractivity contribution in [2.75, 3.05) is 13.2 Å². The highest BCUT2D eigenvalue weighted by molar-refractivity contribution is 6.32. The zero-order chi connectivity index (χ0) is 16.0. The molecule has 0 unspecified atom stereocenters. The van der Waals surface area contributed by atoms with Gasteiger partial charge in [-0.2, -0.15) is 0 Å². The lowest BCUT2D eigenvalue weighted by molar-refractivity contribution is -0.147. The number of hydrogen-bond acceptors (Lipinski definition) is 4. The Hall–Kier alpha value is -1.46. The van der Waals surface area contributed by atoms with Crippen LogP contribution in [0, 0.1) is 5.41 Å². The van der Waals surface area contributed by atoms with E-state index in [1.54, 1.807) is 26.0 Å². The van der Waals surface area contributed by atoms with Crippen molar-refractivity contribution in [2.24, 2.45) is 5.41 Å². The van der Waals surface area contributed by atoms with Crippen molar-refractivity contribution in [3.05, 3.63) is 22.7 Å². The molecule has 0 fully saturated rings. The summed E-state index contributed by atoms with van der Waals surface area (Å²) < 4.78 is 5.31. The van der Waals surface area contributed by atoms with Crippen molar-refractivity contribution in [2.45, 2.75) is 33.7 Å². The molecule has 0 heterocycles. The summed E-state index contributed by atoms with van der Waals surface area (Å²) in [6.07, 6.45) is 0.520. The lowest BCUT2D eigenvalue weighted by Crippen LogP contribution is -2.28. The number of benzene rings is 1. The zero-order valence-corrected chi connectivity index (χ0v) is 13.3. The Balaban J connectivity index is 2.58. The van der Waals surface area contributed by atoms with Gasteiger partial charge in [-0.3, -0.25) is 4.79 Å². The number of phenolic OH excluding ortho intramolecular Hbond substituents is 1. The number of carboxylic acids is 1. The van der Waals surface area contributed by atoms with Gasteiger partial charge in [-0.1, -0.05) is 11.6 Å². The van der Waals surface area contributed by atoms with Gasteiger partial charge in [0.05, 0.1) is 17.0 Å². The van der Waals surface area contributed by atoms with E-state index in [2.05, 4.69) is 5.32 Å². The number of carbonyl (C=O) groups is 1. The number of carboxylic acid groups (broad SMARTS) is 1. The van der Waals surface area contributed by atoms with Crippen molar-refractivity contribution in [1.29, 1.82) is 0 Å². The number of ether oxygens (including phenoxy) is 1. The van der Waals surface area contributed by atoms with Crippen molar-refractivity contribution in [1.82, 2.24) is 5.32 Å². The number of aromatic hydroxyl groups is 1. The Kier molecular flexibility index (Phi) is 6.30. The molecule has 0 radical (unpaired) electrons. The highest BCUT2D eigenvalue weighted by Gasteiger charge is 2.26. The number of hydrogen-bond donors (Lipinski definition) is 3. The van der Waals surface area contributed by atoms with Crippen LogP contribution in [0.25, 0.3) is 0 Å². The molecular formula is C15H22ClNO4. The lowest BCUT2D eigenvalue weighted by atomic mass is 9.90. The molecule has 1 aromatic carbocycles. The number of halogens is 1. The minimum atomic E-state index is -0.810. The van der Waals surface area contributed by atoms with Crippen LogP contribution in [0.3, 0.4) is 0 Å². The minimum Gasteiger partial charge on any atom is -0.503 e. The van der Waals surface area contributed by atoms with Gasteiger partial charge in [0.2, 0.25) is 0 Å². The second-order valence-electron chi connectivity index (χ2n) is 5.47. The monoisotopic (exact) mass is 315 g/mol. The van der Waals surface area contributed by atoms with Crippen LogP contribution in [0.5, 0.6) is 11.5 Å². The van der Waals surface area contributed by atoms with E-state index in [1.165, 1.54) is 0 Å². The summed E-state index contributed by atoms with van der Waals surface area (Å²) in [5.41, 5.74) is 0.116. The lowest BCUT2D eigenvalue weighted by Gasteiger charge is -2.19. The molecule has 0 saturated heterocycles. The maximum absolute atomic E-state index is 11.0. The molecular weight excluding hydrogens is 294 g/mol. The van der Waals surface area contributed by atoms with Crippen LogP contribution < -0.4 is 10.1 Å². The van der Waals surface area contributed by atoms with Crippen LogP contribution in [0.4, 0.5) is 0 Å². The van der Waals surface area contributed by atoms with E-state index in [4.69, 9.17) is 21.4 Å². The van der Waals surface area contributed by atoms with Crippen LogP contribution >= 0.6 is 11.6 Å². The SMILES string of the molecule is CCOc1cc(CNCCC(C)(C)C(=O)O)cc(Cl)c1O.